The van der Waals surface area contributed by atoms with E-state index in [1.165, 1.54) is 0 Å². The lowest BCUT2D eigenvalue weighted by Crippen LogP contribution is -2.32. The molecule has 0 aliphatic carbocycles. The number of hydrogen-bond acceptors (Lipinski definition) is 4. The van der Waals surface area contributed by atoms with Gasteiger partial charge in [0, 0.05) is 0 Å². The highest BCUT2D eigenvalue weighted by atomic mass is 16.5. The highest BCUT2D eigenvalue weighted by Crippen LogP contribution is 2.30. The van der Waals surface area contributed by atoms with Gasteiger partial charge in [0.25, 0.3) is 5.91 Å². The third kappa shape index (κ3) is 4.89. The summed E-state index contributed by atoms with van der Waals surface area (Å²) in [5, 5.41) is 3.00. The Morgan fingerprint density at radius 3 is 2.40 bits per heavy atom. The number of carbonyl (C=O) groups is 1. The van der Waals surface area contributed by atoms with Crippen molar-refractivity contribution in [2.45, 2.75) is 26.3 Å². The van der Waals surface area contributed by atoms with Crippen LogP contribution in [0.3, 0.4) is 0 Å². The Labute approximate surface area is 148 Å². The van der Waals surface area contributed by atoms with Gasteiger partial charge >= 0.3 is 0 Å². The zero-order valence-electron chi connectivity index (χ0n) is 15.2. The smallest absolute Gasteiger partial charge is 0.258 e. The van der Waals surface area contributed by atoms with Gasteiger partial charge in [-0.05, 0) is 42.7 Å². The molecule has 5 nitrogen and oxygen atoms in total. The molecule has 0 saturated carbocycles. The molecule has 1 atom stereocenters. The van der Waals surface area contributed by atoms with Crippen molar-refractivity contribution in [1.82, 2.24) is 5.32 Å². The van der Waals surface area contributed by atoms with Crippen molar-refractivity contribution in [1.29, 1.82) is 0 Å². The van der Waals surface area contributed by atoms with E-state index in [4.69, 9.17) is 14.2 Å². The lowest BCUT2D eigenvalue weighted by molar-refractivity contribution is -0.123. The van der Waals surface area contributed by atoms with E-state index in [1.54, 1.807) is 14.2 Å². The van der Waals surface area contributed by atoms with Crippen LogP contribution in [0.2, 0.25) is 0 Å². The molecule has 0 aliphatic heterocycles. The molecule has 2 aromatic rings. The summed E-state index contributed by atoms with van der Waals surface area (Å²) in [6.45, 7) is 3.95. The van der Waals surface area contributed by atoms with Gasteiger partial charge in [0.1, 0.15) is 5.75 Å². The van der Waals surface area contributed by atoms with E-state index < -0.39 is 0 Å². The summed E-state index contributed by atoms with van der Waals surface area (Å²) in [5.41, 5.74) is 1.96. The Morgan fingerprint density at radius 1 is 1.04 bits per heavy atom. The molecule has 0 heterocycles. The first kappa shape index (κ1) is 18.6. The molecule has 0 saturated heterocycles. The van der Waals surface area contributed by atoms with Gasteiger partial charge in [0.05, 0.1) is 20.3 Å². The topological polar surface area (TPSA) is 56.8 Å². The Morgan fingerprint density at radius 2 is 1.76 bits per heavy atom. The van der Waals surface area contributed by atoms with Crippen LogP contribution in [0.1, 0.15) is 30.5 Å². The van der Waals surface area contributed by atoms with Crippen molar-refractivity contribution >= 4 is 5.91 Å². The van der Waals surface area contributed by atoms with Gasteiger partial charge in [0.2, 0.25) is 0 Å². The van der Waals surface area contributed by atoms with Crippen LogP contribution in [-0.2, 0) is 4.79 Å². The van der Waals surface area contributed by atoms with E-state index in [0.717, 1.165) is 23.3 Å². The Bertz CT molecular complexity index is 715. The van der Waals surface area contributed by atoms with Gasteiger partial charge in [-0.25, -0.2) is 0 Å². The van der Waals surface area contributed by atoms with Gasteiger partial charge < -0.3 is 19.5 Å². The second kappa shape index (κ2) is 8.97. The van der Waals surface area contributed by atoms with Crippen molar-refractivity contribution < 1.29 is 19.0 Å². The van der Waals surface area contributed by atoms with Crippen LogP contribution in [0.5, 0.6) is 17.2 Å². The number of benzene rings is 2. The number of hydrogen-bond donors (Lipinski definition) is 1. The average molecular weight is 343 g/mol. The van der Waals surface area contributed by atoms with Crippen LogP contribution >= 0.6 is 0 Å². The van der Waals surface area contributed by atoms with Crippen molar-refractivity contribution in [3.8, 4) is 17.2 Å². The first-order chi connectivity index (χ1) is 12.1. The third-order valence-corrected chi connectivity index (χ3v) is 4.01. The molecule has 1 N–H and O–H groups in total. The number of amides is 1. The maximum atomic E-state index is 12.3. The van der Waals surface area contributed by atoms with Crippen LogP contribution in [0.4, 0.5) is 0 Å². The fourth-order valence-electron chi connectivity index (χ4n) is 2.59. The van der Waals surface area contributed by atoms with Gasteiger partial charge in [-0.15, -0.1) is 0 Å². The molecule has 1 amide bonds. The lowest BCUT2D eigenvalue weighted by Gasteiger charge is -2.19. The van der Waals surface area contributed by atoms with Gasteiger partial charge in [-0.2, -0.15) is 0 Å². The number of ether oxygens (including phenoxy) is 3. The molecule has 0 radical (unpaired) electrons. The number of nitrogens with one attached hydrogen (secondary N) is 1. The quantitative estimate of drug-likeness (QED) is 0.795. The molecular formula is C20H25NO4. The largest absolute Gasteiger partial charge is 0.493 e. The Hall–Kier alpha value is -2.69. The summed E-state index contributed by atoms with van der Waals surface area (Å²) in [6, 6.07) is 13.2. The van der Waals surface area contributed by atoms with E-state index in [-0.39, 0.29) is 18.6 Å². The summed E-state index contributed by atoms with van der Waals surface area (Å²) < 4.78 is 16.2. The summed E-state index contributed by atoms with van der Waals surface area (Å²) in [7, 11) is 3.19. The molecule has 0 fully saturated rings. The van der Waals surface area contributed by atoms with Crippen LogP contribution in [-0.4, -0.2) is 26.7 Å². The minimum absolute atomic E-state index is 0.0192. The molecule has 0 unspecified atom stereocenters. The van der Waals surface area contributed by atoms with Crippen LogP contribution in [0.25, 0.3) is 0 Å². The zero-order valence-corrected chi connectivity index (χ0v) is 15.2. The Kier molecular flexibility index (Phi) is 6.69. The summed E-state index contributed by atoms with van der Waals surface area (Å²) in [5.74, 6) is 1.86. The molecule has 2 rings (SSSR count). The van der Waals surface area contributed by atoms with E-state index >= 15 is 0 Å². The first-order valence-corrected chi connectivity index (χ1v) is 8.28. The molecule has 134 valence electrons. The second-order valence-electron chi connectivity index (χ2n) is 5.70. The van der Waals surface area contributed by atoms with E-state index in [2.05, 4.69) is 5.32 Å². The highest BCUT2D eigenvalue weighted by Gasteiger charge is 2.16. The molecule has 5 heteroatoms. The summed E-state index contributed by atoms with van der Waals surface area (Å²) in [4.78, 5) is 12.3. The van der Waals surface area contributed by atoms with Crippen molar-refractivity contribution in [2.75, 3.05) is 20.8 Å². The van der Waals surface area contributed by atoms with Gasteiger partial charge in [-0.3, -0.25) is 4.79 Å². The number of carbonyl (C=O) groups excluding carboxylic acids is 1. The number of para-hydroxylation sites is 1. The lowest BCUT2D eigenvalue weighted by atomic mass is 10.0. The first-order valence-electron chi connectivity index (χ1n) is 8.28. The number of aryl methyl sites for hydroxylation is 1. The van der Waals surface area contributed by atoms with E-state index in [1.807, 2.05) is 56.3 Å². The Balaban J connectivity index is 2.01. The fourth-order valence-corrected chi connectivity index (χ4v) is 2.59. The van der Waals surface area contributed by atoms with Crippen LogP contribution in [0.15, 0.2) is 42.5 Å². The molecule has 0 aliphatic rings. The minimum atomic E-state index is -0.162. The second-order valence-corrected chi connectivity index (χ2v) is 5.70. The number of methoxy groups -OCH3 is 2. The summed E-state index contributed by atoms with van der Waals surface area (Å²) in [6.07, 6.45) is 0.756. The standard InChI is InChI=1S/C20H25NO4/c1-5-16(15-10-11-18(23-3)19(12-15)24-4)21-20(22)13-25-17-9-7-6-8-14(17)2/h6-12,16H,5,13H2,1-4H3,(H,21,22)/t16-/m1/s1. The SMILES string of the molecule is CC[C@@H](NC(=O)COc1ccccc1C)c1ccc(OC)c(OC)c1. The van der Waals surface area contributed by atoms with Crippen LogP contribution in [0, 0.1) is 6.92 Å². The van der Waals surface area contributed by atoms with Crippen molar-refractivity contribution in [2.24, 2.45) is 0 Å². The average Bonchev–Trinajstić information content (AvgIpc) is 2.64. The number of rotatable bonds is 8. The zero-order chi connectivity index (χ0) is 18.2. The monoisotopic (exact) mass is 343 g/mol. The molecule has 0 aromatic heterocycles. The van der Waals surface area contributed by atoms with Crippen LogP contribution < -0.4 is 19.5 Å². The fraction of sp³-hybridized carbons (Fsp3) is 0.350. The minimum Gasteiger partial charge on any atom is -0.493 e. The van der Waals surface area contributed by atoms with E-state index in [9.17, 15) is 4.79 Å². The molecule has 0 spiro atoms. The predicted octanol–water partition coefficient (Wildman–Crippen LogP) is 3.66. The van der Waals surface area contributed by atoms with Gasteiger partial charge in [-0.1, -0.05) is 31.2 Å². The molecule has 2 aromatic carbocycles. The highest BCUT2D eigenvalue weighted by molar-refractivity contribution is 5.78. The molecule has 25 heavy (non-hydrogen) atoms. The van der Waals surface area contributed by atoms with Crippen molar-refractivity contribution in [3.63, 3.8) is 0 Å². The van der Waals surface area contributed by atoms with Crippen molar-refractivity contribution in [3.05, 3.63) is 53.6 Å². The normalized spacial score (nSPS) is 11.5. The summed E-state index contributed by atoms with van der Waals surface area (Å²) >= 11 is 0. The third-order valence-electron chi connectivity index (χ3n) is 4.01. The maximum absolute atomic E-state index is 12.3. The molecule has 0 bridgehead atoms. The van der Waals surface area contributed by atoms with E-state index in [0.29, 0.717) is 11.5 Å². The molecular weight excluding hydrogens is 318 g/mol. The maximum Gasteiger partial charge on any atom is 0.258 e. The van der Waals surface area contributed by atoms with Gasteiger partial charge in [0.15, 0.2) is 18.1 Å². The predicted molar refractivity (Wildman–Crippen MR) is 97.4 cm³/mol.